The maximum atomic E-state index is 6.28. The zero-order chi connectivity index (χ0) is 19.1. The summed E-state index contributed by atoms with van der Waals surface area (Å²) in [6, 6.07) is 8.75. The third-order valence-electron chi connectivity index (χ3n) is 6.00. The molecule has 2 fully saturated rings. The summed E-state index contributed by atoms with van der Waals surface area (Å²) in [4.78, 5) is 9.62. The van der Waals surface area contributed by atoms with Crippen molar-refractivity contribution in [3.05, 3.63) is 34.9 Å². The Morgan fingerprint density at radius 3 is 2.74 bits per heavy atom. The van der Waals surface area contributed by atoms with E-state index in [1.165, 1.54) is 37.8 Å². The Balaban J connectivity index is 1.36. The second-order valence-corrected chi connectivity index (χ2v) is 8.25. The largest absolute Gasteiger partial charge is 0.370 e. The first kappa shape index (κ1) is 20.4. The van der Waals surface area contributed by atoms with Gasteiger partial charge < -0.3 is 11.1 Å². The van der Waals surface area contributed by atoms with Crippen LogP contribution in [0.1, 0.15) is 38.2 Å². The van der Waals surface area contributed by atoms with Gasteiger partial charge in [0.25, 0.3) is 0 Å². The quantitative estimate of drug-likeness (QED) is 0.554. The van der Waals surface area contributed by atoms with Gasteiger partial charge >= 0.3 is 0 Å². The monoisotopic (exact) mass is 391 g/mol. The van der Waals surface area contributed by atoms with E-state index in [2.05, 4.69) is 39.2 Å². The van der Waals surface area contributed by atoms with Gasteiger partial charge in [-0.05, 0) is 69.4 Å². The lowest BCUT2D eigenvalue weighted by molar-refractivity contribution is 0.180. The smallest absolute Gasteiger partial charge is 0.188 e. The first-order chi connectivity index (χ1) is 13.2. The maximum absolute atomic E-state index is 6.28. The minimum atomic E-state index is 0.608. The van der Waals surface area contributed by atoms with E-state index in [0.29, 0.717) is 17.9 Å². The van der Waals surface area contributed by atoms with E-state index in [0.717, 1.165) is 44.3 Å². The molecule has 2 aliphatic heterocycles. The standard InChI is InChI=1S/C21H34ClN5/c1-2-27-11-5-7-19(27)15-25-21(23)24-14-17-9-12-26(13-10-17)16-18-6-3-4-8-20(18)22/h3-4,6,8,17,19H,2,5,7,9-16H2,1H3,(H3,23,24,25). The van der Waals surface area contributed by atoms with Crippen LogP contribution in [-0.4, -0.2) is 61.1 Å². The Labute approximate surface area is 169 Å². The molecule has 27 heavy (non-hydrogen) atoms. The first-order valence-corrected chi connectivity index (χ1v) is 10.8. The predicted octanol–water partition coefficient (Wildman–Crippen LogP) is 2.94. The molecule has 2 saturated heterocycles. The third kappa shape index (κ3) is 6.09. The van der Waals surface area contributed by atoms with Crippen LogP contribution in [0.2, 0.25) is 5.02 Å². The van der Waals surface area contributed by atoms with Crippen LogP contribution in [0.5, 0.6) is 0 Å². The molecule has 2 aliphatic rings. The maximum Gasteiger partial charge on any atom is 0.188 e. The highest BCUT2D eigenvalue weighted by Crippen LogP contribution is 2.22. The highest BCUT2D eigenvalue weighted by molar-refractivity contribution is 6.31. The van der Waals surface area contributed by atoms with E-state index >= 15 is 0 Å². The lowest BCUT2D eigenvalue weighted by Gasteiger charge is -2.31. The van der Waals surface area contributed by atoms with Crippen LogP contribution in [0.4, 0.5) is 0 Å². The third-order valence-corrected chi connectivity index (χ3v) is 6.37. The number of likely N-dealkylation sites (tertiary alicyclic amines) is 2. The molecule has 1 aromatic carbocycles. The molecule has 0 radical (unpaired) electrons. The van der Waals surface area contributed by atoms with Gasteiger partial charge in [0, 0.05) is 30.7 Å². The van der Waals surface area contributed by atoms with Gasteiger partial charge in [-0.15, -0.1) is 0 Å². The molecule has 0 aliphatic carbocycles. The van der Waals surface area contributed by atoms with Crippen LogP contribution in [0.15, 0.2) is 29.3 Å². The second kappa shape index (κ2) is 10.3. The highest BCUT2D eigenvalue weighted by Gasteiger charge is 2.23. The Hall–Kier alpha value is -1.30. The zero-order valence-corrected chi connectivity index (χ0v) is 17.3. The van der Waals surface area contributed by atoms with Crippen molar-refractivity contribution >= 4 is 17.6 Å². The molecule has 1 aromatic rings. The van der Waals surface area contributed by atoms with Crippen molar-refractivity contribution in [3.63, 3.8) is 0 Å². The number of halogens is 1. The van der Waals surface area contributed by atoms with Crippen LogP contribution < -0.4 is 11.1 Å². The van der Waals surface area contributed by atoms with Crippen molar-refractivity contribution in [1.29, 1.82) is 0 Å². The molecule has 3 rings (SSSR count). The normalized spacial score (nSPS) is 23.0. The van der Waals surface area contributed by atoms with Crippen LogP contribution in [0.3, 0.4) is 0 Å². The van der Waals surface area contributed by atoms with E-state index in [1.807, 2.05) is 12.1 Å². The average Bonchev–Trinajstić information content (AvgIpc) is 3.15. The van der Waals surface area contributed by atoms with Gasteiger partial charge in [0.15, 0.2) is 5.96 Å². The van der Waals surface area contributed by atoms with Gasteiger partial charge in [-0.25, -0.2) is 0 Å². The van der Waals surface area contributed by atoms with Gasteiger partial charge in [0.2, 0.25) is 0 Å². The Morgan fingerprint density at radius 1 is 1.22 bits per heavy atom. The Morgan fingerprint density at radius 2 is 2.00 bits per heavy atom. The average molecular weight is 392 g/mol. The number of aliphatic imine (C=N–C) groups is 1. The number of hydrogen-bond donors (Lipinski definition) is 2. The van der Waals surface area contributed by atoms with Crippen molar-refractivity contribution in [1.82, 2.24) is 15.1 Å². The summed E-state index contributed by atoms with van der Waals surface area (Å²) in [7, 11) is 0. The highest BCUT2D eigenvalue weighted by atomic mass is 35.5. The number of piperidine rings is 1. The molecule has 0 aromatic heterocycles. The fourth-order valence-corrected chi connectivity index (χ4v) is 4.44. The summed E-state index contributed by atoms with van der Waals surface area (Å²) in [6.45, 7) is 9.46. The van der Waals surface area contributed by atoms with Crippen molar-refractivity contribution < 1.29 is 0 Å². The van der Waals surface area contributed by atoms with Crippen molar-refractivity contribution in [3.8, 4) is 0 Å². The second-order valence-electron chi connectivity index (χ2n) is 7.84. The molecule has 1 unspecified atom stereocenters. The summed E-state index contributed by atoms with van der Waals surface area (Å²) in [5, 5.41) is 4.20. The van der Waals surface area contributed by atoms with Crippen molar-refractivity contribution in [2.24, 2.45) is 16.6 Å². The van der Waals surface area contributed by atoms with Gasteiger partial charge in [-0.1, -0.05) is 36.7 Å². The minimum absolute atomic E-state index is 0.608. The molecule has 0 spiro atoms. The van der Waals surface area contributed by atoms with Gasteiger partial charge in [-0.3, -0.25) is 14.8 Å². The lowest BCUT2D eigenvalue weighted by Crippen LogP contribution is -2.43. The summed E-state index contributed by atoms with van der Waals surface area (Å²) in [5.74, 6) is 1.24. The van der Waals surface area contributed by atoms with E-state index in [9.17, 15) is 0 Å². The number of guanidine groups is 1. The number of nitrogens with two attached hydrogens (primary N) is 1. The number of rotatable bonds is 7. The van der Waals surface area contributed by atoms with E-state index in [4.69, 9.17) is 17.3 Å². The number of nitrogens with one attached hydrogen (secondary N) is 1. The molecule has 0 saturated carbocycles. The Kier molecular flexibility index (Phi) is 7.80. The molecule has 0 bridgehead atoms. The number of likely N-dealkylation sites (N-methyl/N-ethyl adjacent to an activating group) is 1. The fraction of sp³-hybridized carbons (Fsp3) is 0.667. The van der Waals surface area contributed by atoms with E-state index < -0.39 is 0 Å². The molecule has 1 atom stereocenters. The predicted molar refractivity (Wildman–Crippen MR) is 114 cm³/mol. The van der Waals surface area contributed by atoms with Crippen molar-refractivity contribution in [2.45, 2.75) is 45.2 Å². The van der Waals surface area contributed by atoms with E-state index in [-0.39, 0.29) is 0 Å². The Bertz CT molecular complexity index is 612. The topological polar surface area (TPSA) is 56.9 Å². The minimum Gasteiger partial charge on any atom is -0.370 e. The molecular weight excluding hydrogens is 358 g/mol. The van der Waals surface area contributed by atoms with Crippen LogP contribution in [0, 0.1) is 5.92 Å². The summed E-state index contributed by atoms with van der Waals surface area (Å²) in [5.41, 5.74) is 7.32. The summed E-state index contributed by atoms with van der Waals surface area (Å²) < 4.78 is 0. The molecule has 150 valence electrons. The molecule has 0 amide bonds. The SMILES string of the molecule is CCN1CCCC1CNC(N)=NCC1CCN(Cc2ccccc2Cl)CC1. The molecule has 6 heteroatoms. The fourth-order valence-electron chi connectivity index (χ4n) is 4.24. The summed E-state index contributed by atoms with van der Waals surface area (Å²) >= 11 is 6.28. The molecular formula is C21H34ClN5. The molecule has 5 nitrogen and oxygen atoms in total. The number of benzene rings is 1. The number of nitrogens with zero attached hydrogens (tertiary/aromatic N) is 3. The van der Waals surface area contributed by atoms with Crippen LogP contribution in [-0.2, 0) is 6.54 Å². The molecule has 2 heterocycles. The lowest BCUT2D eigenvalue weighted by atomic mass is 9.96. The van der Waals surface area contributed by atoms with E-state index in [1.54, 1.807) is 0 Å². The van der Waals surface area contributed by atoms with Crippen molar-refractivity contribution in [2.75, 3.05) is 39.3 Å². The van der Waals surface area contributed by atoms with Gasteiger partial charge in [0.1, 0.15) is 0 Å². The number of hydrogen-bond acceptors (Lipinski definition) is 3. The van der Waals surface area contributed by atoms with Crippen LogP contribution >= 0.6 is 11.6 Å². The van der Waals surface area contributed by atoms with Gasteiger partial charge in [-0.2, -0.15) is 0 Å². The molecule has 3 N–H and O–H groups in total. The first-order valence-electron chi connectivity index (χ1n) is 10.4. The zero-order valence-electron chi connectivity index (χ0n) is 16.5. The van der Waals surface area contributed by atoms with Gasteiger partial charge in [0.05, 0.1) is 0 Å². The van der Waals surface area contributed by atoms with Crippen LogP contribution in [0.25, 0.3) is 0 Å². The summed E-state index contributed by atoms with van der Waals surface area (Å²) in [6.07, 6.45) is 4.91.